The third-order valence-corrected chi connectivity index (χ3v) is 5.59. The number of hydrogen-bond acceptors (Lipinski definition) is 5. The zero-order chi connectivity index (χ0) is 22.9. The van der Waals surface area contributed by atoms with Crippen molar-refractivity contribution in [2.75, 3.05) is 23.4 Å². The number of imide groups is 1. The van der Waals surface area contributed by atoms with Gasteiger partial charge in [-0.05, 0) is 42.0 Å². The molecule has 8 nitrogen and oxygen atoms in total. The minimum absolute atomic E-state index is 0.167. The zero-order valence-electron chi connectivity index (χ0n) is 17.5. The van der Waals surface area contributed by atoms with Gasteiger partial charge < -0.3 is 10.1 Å². The van der Waals surface area contributed by atoms with E-state index in [1.54, 1.807) is 24.3 Å². The summed E-state index contributed by atoms with van der Waals surface area (Å²) in [5.74, 6) is -1.24. The van der Waals surface area contributed by atoms with Gasteiger partial charge in [0.15, 0.2) is 0 Å². The van der Waals surface area contributed by atoms with Crippen molar-refractivity contribution in [3.8, 4) is 0 Å². The van der Waals surface area contributed by atoms with Crippen molar-refractivity contribution in [2.45, 2.75) is 6.54 Å². The Morgan fingerprint density at radius 3 is 2.42 bits per heavy atom. The summed E-state index contributed by atoms with van der Waals surface area (Å²) in [7, 11) is 0. The fraction of sp³-hybridized carbons (Fsp3) is 0.120. The average molecular weight is 441 g/mol. The highest BCUT2D eigenvalue weighted by Gasteiger charge is 2.36. The standard InChI is InChI=1S/C25H19N3O5/c29-22(26-18-7-4-8-19(14-18)27-11-12-33-25(27)32)17-9-10-20-21(13-17)24(31)28(23(20)30)15-16-5-2-1-3-6-16/h1-10,13-14H,11-12,15H2,(H,26,29). The van der Waals surface area contributed by atoms with E-state index in [1.165, 1.54) is 28.0 Å². The summed E-state index contributed by atoms with van der Waals surface area (Å²) in [6.07, 6.45) is -0.430. The second kappa shape index (κ2) is 8.23. The molecule has 1 saturated heterocycles. The predicted octanol–water partition coefficient (Wildman–Crippen LogP) is 3.69. The Hall–Kier alpha value is -4.46. The Balaban J connectivity index is 1.34. The smallest absolute Gasteiger partial charge is 0.414 e. The number of hydrogen-bond donors (Lipinski definition) is 1. The summed E-state index contributed by atoms with van der Waals surface area (Å²) < 4.78 is 4.95. The van der Waals surface area contributed by atoms with Gasteiger partial charge in [0.2, 0.25) is 0 Å². The Morgan fingerprint density at radius 2 is 1.67 bits per heavy atom. The molecule has 0 spiro atoms. The van der Waals surface area contributed by atoms with Gasteiger partial charge in [0.1, 0.15) is 6.61 Å². The Kier molecular flexibility index (Phi) is 5.10. The van der Waals surface area contributed by atoms with Crippen LogP contribution in [0.5, 0.6) is 0 Å². The Morgan fingerprint density at radius 1 is 0.879 bits per heavy atom. The van der Waals surface area contributed by atoms with Crippen molar-refractivity contribution >= 4 is 35.2 Å². The lowest BCUT2D eigenvalue weighted by Gasteiger charge is -2.14. The minimum Gasteiger partial charge on any atom is -0.447 e. The SMILES string of the molecule is O=C(Nc1cccc(N2CCOC2=O)c1)c1ccc2c(c1)C(=O)N(Cc1ccccc1)C2=O. The van der Waals surface area contributed by atoms with Crippen LogP contribution in [0.3, 0.4) is 0 Å². The van der Waals surface area contributed by atoms with Crippen molar-refractivity contribution in [1.82, 2.24) is 4.90 Å². The Labute approximate surface area is 189 Å². The molecule has 8 heteroatoms. The average Bonchev–Trinajstić information content (AvgIpc) is 3.36. The molecule has 4 amide bonds. The maximum atomic E-state index is 12.9. The van der Waals surface area contributed by atoms with Crippen LogP contribution >= 0.6 is 0 Å². The van der Waals surface area contributed by atoms with Gasteiger partial charge >= 0.3 is 6.09 Å². The third-order valence-electron chi connectivity index (χ3n) is 5.59. The van der Waals surface area contributed by atoms with E-state index >= 15 is 0 Å². The molecule has 2 aliphatic heterocycles. The molecule has 0 aliphatic carbocycles. The molecule has 2 heterocycles. The van der Waals surface area contributed by atoms with Gasteiger partial charge in [-0.15, -0.1) is 0 Å². The van der Waals surface area contributed by atoms with E-state index in [0.29, 0.717) is 24.5 Å². The molecule has 3 aromatic carbocycles. The molecule has 164 valence electrons. The van der Waals surface area contributed by atoms with Crippen LogP contribution < -0.4 is 10.2 Å². The molecule has 0 unspecified atom stereocenters. The lowest BCUT2D eigenvalue weighted by atomic mass is 10.1. The monoisotopic (exact) mass is 441 g/mol. The number of carbonyl (C=O) groups is 4. The molecule has 0 bridgehead atoms. The highest BCUT2D eigenvalue weighted by Crippen LogP contribution is 2.27. The zero-order valence-corrected chi connectivity index (χ0v) is 17.5. The number of nitrogens with zero attached hydrogens (tertiary/aromatic N) is 2. The van der Waals surface area contributed by atoms with Crippen molar-refractivity contribution in [3.63, 3.8) is 0 Å². The molecule has 5 rings (SSSR count). The number of carbonyl (C=O) groups excluding carboxylic acids is 4. The molecule has 3 aromatic rings. The molecule has 1 fully saturated rings. The fourth-order valence-corrected chi connectivity index (χ4v) is 3.92. The van der Waals surface area contributed by atoms with Crippen LogP contribution in [0.25, 0.3) is 0 Å². The van der Waals surface area contributed by atoms with Gasteiger partial charge in [0.05, 0.1) is 24.2 Å². The number of benzene rings is 3. The highest BCUT2D eigenvalue weighted by atomic mass is 16.6. The lowest BCUT2D eigenvalue weighted by molar-refractivity contribution is 0.0642. The number of amides is 4. The van der Waals surface area contributed by atoms with E-state index in [4.69, 9.17) is 4.74 Å². The molecule has 0 radical (unpaired) electrons. The third kappa shape index (κ3) is 3.82. The Bertz CT molecular complexity index is 1290. The molecule has 33 heavy (non-hydrogen) atoms. The number of rotatable bonds is 5. The van der Waals surface area contributed by atoms with Crippen LogP contribution in [0.1, 0.15) is 36.6 Å². The summed E-state index contributed by atoms with van der Waals surface area (Å²) in [5.41, 5.74) is 2.68. The summed E-state index contributed by atoms with van der Waals surface area (Å²) in [6, 6.07) is 20.6. The van der Waals surface area contributed by atoms with Gasteiger partial charge in [0, 0.05) is 16.9 Å². The first kappa shape index (κ1) is 20.4. The molecule has 0 saturated carbocycles. The number of cyclic esters (lactones) is 1. The van der Waals surface area contributed by atoms with Gasteiger partial charge in [-0.25, -0.2) is 4.79 Å². The normalized spacial score (nSPS) is 15.0. The molecule has 1 N–H and O–H groups in total. The molecule has 2 aliphatic rings. The quantitative estimate of drug-likeness (QED) is 0.609. The first-order valence-electron chi connectivity index (χ1n) is 10.4. The number of fused-ring (bicyclic) bond motifs is 1. The highest BCUT2D eigenvalue weighted by molar-refractivity contribution is 6.22. The minimum atomic E-state index is -0.430. The van der Waals surface area contributed by atoms with Crippen molar-refractivity contribution < 1.29 is 23.9 Å². The summed E-state index contributed by atoms with van der Waals surface area (Å²) in [6.45, 7) is 0.926. The van der Waals surface area contributed by atoms with E-state index in [9.17, 15) is 19.2 Å². The second-order valence-electron chi connectivity index (χ2n) is 7.71. The molecular formula is C25H19N3O5. The van der Waals surface area contributed by atoms with E-state index in [2.05, 4.69) is 5.32 Å². The van der Waals surface area contributed by atoms with Crippen molar-refractivity contribution in [3.05, 3.63) is 95.1 Å². The second-order valence-corrected chi connectivity index (χ2v) is 7.71. The predicted molar refractivity (Wildman–Crippen MR) is 120 cm³/mol. The van der Waals surface area contributed by atoms with Gasteiger partial charge in [0.25, 0.3) is 17.7 Å². The maximum absolute atomic E-state index is 12.9. The summed E-state index contributed by atoms with van der Waals surface area (Å²) >= 11 is 0. The van der Waals surface area contributed by atoms with Gasteiger partial charge in [-0.3, -0.25) is 24.2 Å². The van der Waals surface area contributed by atoms with Crippen LogP contribution in [0, 0.1) is 0 Å². The van der Waals surface area contributed by atoms with E-state index in [0.717, 1.165) is 5.56 Å². The van der Waals surface area contributed by atoms with E-state index in [1.807, 2.05) is 30.3 Å². The van der Waals surface area contributed by atoms with Crippen molar-refractivity contribution in [1.29, 1.82) is 0 Å². The maximum Gasteiger partial charge on any atom is 0.414 e. The largest absolute Gasteiger partial charge is 0.447 e. The number of nitrogens with one attached hydrogen (secondary N) is 1. The number of anilines is 2. The van der Waals surface area contributed by atoms with E-state index < -0.39 is 17.9 Å². The molecule has 0 aromatic heterocycles. The lowest BCUT2D eigenvalue weighted by Crippen LogP contribution is -2.29. The van der Waals surface area contributed by atoms with Crippen molar-refractivity contribution in [2.24, 2.45) is 0 Å². The van der Waals surface area contributed by atoms with Crippen LogP contribution in [-0.4, -0.2) is 41.9 Å². The van der Waals surface area contributed by atoms with E-state index in [-0.39, 0.29) is 29.1 Å². The summed E-state index contributed by atoms with van der Waals surface area (Å²) in [5, 5.41) is 2.78. The number of ether oxygens (including phenoxy) is 1. The van der Waals surface area contributed by atoms with Gasteiger partial charge in [-0.1, -0.05) is 36.4 Å². The van der Waals surface area contributed by atoms with Crippen LogP contribution in [-0.2, 0) is 11.3 Å². The topological polar surface area (TPSA) is 96.0 Å². The first-order chi connectivity index (χ1) is 16.0. The molecular weight excluding hydrogens is 422 g/mol. The van der Waals surface area contributed by atoms with Crippen LogP contribution in [0.15, 0.2) is 72.8 Å². The fourth-order valence-electron chi connectivity index (χ4n) is 3.92. The summed E-state index contributed by atoms with van der Waals surface area (Å²) in [4.78, 5) is 52.9. The van der Waals surface area contributed by atoms with Gasteiger partial charge in [-0.2, -0.15) is 0 Å². The molecule has 0 atom stereocenters. The van der Waals surface area contributed by atoms with Crippen LogP contribution in [0.4, 0.5) is 16.2 Å². The first-order valence-corrected chi connectivity index (χ1v) is 10.4. The van der Waals surface area contributed by atoms with Crippen LogP contribution in [0.2, 0.25) is 0 Å².